The number of nitrogens with zero attached hydrogens (tertiary/aromatic N) is 5. The molecule has 1 saturated heterocycles. The molecule has 31 heavy (non-hydrogen) atoms. The average Bonchev–Trinajstić information content (AvgIpc) is 3.23. The van der Waals surface area contributed by atoms with Crippen molar-refractivity contribution in [2.24, 2.45) is 0 Å². The molecule has 5 rings (SSSR count). The van der Waals surface area contributed by atoms with Gasteiger partial charge in [-0.15, -0.1) is 0 Å². The Labute approximate surface area is 180 Å². The van der Waals surface area contributed by atoms with E-state index in [0.717, 1.165) is 46.7 Å². The molecule has 1 fully saturated rings. The summed E-state index contributed by atoms with van der Waals surface area (Å²) in [7, 11) is 0. The summed E-state index contributed by atoms with van der Waals surface area (Å²) < 4.78 is 5.33. The highest BCUT2D eigenvalue weighted by atomic mass is 16.5. The maximum Gasteiger partial charge on any atom is 0.254 e. The molecule has 4 heterocycles. The van der Waals surface area contributed by atoms with Crippen molar-refractivity contribution in [3.63, 3.8) is 0 Å². The van der Waals surface area contributed by atoms with Crippen LogP contribution in [0.25, 0.3) is 22.2 Å². The topological polar surface area (TPSA) is 75.4 Å². The first-order valence-electron chi connectivity index (χ1n) is 10.4. The Hall–Kier alpha value is -3.58. The molecule has 1 aromatic carbocycles. The Morgan fingerprint density at radius 3 is 2.55 bits per heavy atom. The molecule has 1 aliphatic rings. The van der Waals surface area contributed by atoms with Crippen LogP contribution in [0, 0.1) is 6.92 Å². The number of carbonyl (C=O) groups is 1. The maximum absolute atomic E-state index is 13.5. The largest absolute Gasteiger partial charge is 0.360 e. The van der Waals surface area contributed by atoms with Crippen LogP contribution in [0.15, 0.2) is 65.4 Å². The molecule has 0 aliphatic carbocycles. The van der Waals surface area contributed by atoms with Gasteiger partial charge in [-0.1, -0.05) is 23.4 Å². The number of piperazine rings is 1. The Morgan fingerprint density at radius 1 is 1.03 bits per heavy atom. The van der Waals surface area contributed by atoms with E-state index in [1.165, 1.54) is 0 Å². The minimum absolute atomic E-state index is 0.0454. The SMILES string of the molecule is Cc1cc(CN2CCN(C(=O)c3cc(-c4ccncc4)nc4ccccc34)CC2)on1. The van der Waals surface area contributed by atoms with Crippen LogP contribution < -0.4 is 0 Å². The van der Waals surface area contributed by atoms with E-state index in [0.29, 0.717) is 25.2 Å². The fourth-order valence-corrected chi connectivity index (χ4v) is 4.01. The van der Waals surface area contributed by atoms with Crippen molar-refractivity contribution in [2.75, 3.05) is 26.2 Å². The molecule has 7 heteroatoms. The summed E-state index contributed by atoms with van der Waals surface area (Å²) in [5.74, 6) is 0.906. The van der Waals surface area contributed by atoms with Gasteiger partial charge < -0.3 is 9.42 Å². The molecule has 0 atom stereocenters. The zero-order valence-electron chi connectivity index (χ0n) is 17.4. The molecule has 7 nitrogen and oxygen atoms in total. The number of aryl methyl sites for hydroxylation is 1. The number of pyridine rings is 2. The lowest BCUT2D eigenvalue weighted by Crippen LogP contribution is -2.48. The third-order valence-electron chi connectivity index (χ3n) is 5.64. The van der Waals surface area contributed by atoms with Gasteiger partial charge in [0, 0.05) is 55.6 Å². The van der Waals surface area contributed by atoms with E-state index in [-0.39, 0.29) is 5.91 Å². The number of amides is 1. The Morgan fingerprint density at radius 2 is 1.81 bits per heavy atom. The van der Waals surface area contributed by atoms with E-state index in [1.54, 1.807) is 12.4 Å². The lowest BCUT2D eigenvalue weighted by Gasteiger charge is -2.34. The van der Waals surface area contributed by atoms with Crippen molar-refractivity contribution in [3.8, 4) is 11.3 Å². The minimum Gasteiger partial charge on any atom is -0.360 e. The number of hydrogen-bond donors (Lipinski definition) is 0. The van der Waals surface area contributed by atoms with Crippen molar-refractivity contribution in [2.45, 2.75) is 13.5 Å². The van der Waals surface area contributed by atoms with Crippen LogP contribution in [0.1, 0.15) is 21.8 Å². The third kappa shape index (κ3) is 4.04. The summed E-state index contributed by atoms with van der Waals surface area (Å²) in [6, 6.07) is 15.5. The van der Waals surface area contributed by atoms with Gasteiger partial charge in [0.25, 0.3) is 5.91 Å². The fourth-order valence-electron chi connectivity index (χ4n) is 4.01. The van der Waals surface area contributed by atoms with Gasteiger partial charge in [0.2, 0.25) is 0 Å². The monoisotopic (exact) mass is 413 g/mol. The minimum atomic E-state index is 0.0454. The van der Waals surface area contributed by atoms with Crippen molar-refractivity contribution >= 4 is 16.8 Å². The van der Waals surface area contributed by atoms with Gasteiger partial charge in [0.15, 0.2) is 5.76 Å². The van der Waals surface area contributed by atoms with E-state index in [4.69, 9.17) is 9.51 Å². The van der Waals surface area contributed by atoms with Crippen LogP contribution in [0.5, 0.6) is 0 Å². The zero-order valence-corrected chi connectivity index (χ0v) is 17.4. The number of rotatable bonds is 4. The average molecular weight is 413 g/mol. The molecule has 0 unspecified atom stereocenters. The normalized spacial score (nSPS) is 14.8. The Kier molecular flexibility index (Phi) is 5.18. The lowest BCUT2D eigenvalue weighted by molar-refractivity contribution is 0.0619. The predicted molar refractivity (Wildman–Crippen MR) is 117 cm³/mol. The highest BCUT2D eigenvalue weighted by Crippen LogP contribution is 2.26. The quantitative estimate of drug-likeness (QED) is 0.509. The predicted octanol–water partition coefficient (Wildman–Crippen LogP) is 3.55. The van der Waals surface area contributed by atoms with E-state index in [1.807, 2.05) is 60.4 Å². The molecule has 4 aromatic rings. The highest BCUT2D eigenvalue weighted by molar-refractivity contribution is 6.07. The summed E-state index contributed by atoms with van der Waals surface area (Å²) in [5, 5.41) is 4.83. The summed E-state index contributed by atoms with van der Waals surface area (Å²) >= 11 is 0. The van der Waals surface area contributed by atoms with E-state index in [2.05, 4.69) is 15.0 Å². The van der Waals surface area contributed by atoms with Gasteiger partial charge in [-0.3, -0.25) is 14.7 Å². The standard InChI is InChI=1S/C24H23N5O2/c1-17-14-19(31-27-17)16-28-10-12-29(13-11-28)24(30)21-15-23(18-6-8-25-9-7-18)26-22-5-3-2-4-20(21)22/h2-9,14-15H,10-13,16H2,1H3. The van der Waals surface area contributed by atoms with E-state index >= 15 is 0 Å². The molecule has 0 radical (unpaired) electrons. The first kappa shape index (κ1) is 19.4. The maximum atomic E-state index is 13.5. The van der Waals surface area contributed by atoms with Crippen molar-refractivity contribution in [1.29, 1.82) is 0 Å². The third-order valence-corrected chi connectivity index (χ3v) is 5.64. The van der Waals surface area contributed by atoms with Gasteiger partial charge in [-0.05, 0) is 31.2 Å². The van der Waals surface area contributed by atoms with Gasteiger partial charge >= 0.3 is 0 Å². The molecule has 0 saturated carbocycles. The van der Waals surface area contributed by atoms with Gasteiger partial charge in [0.05, 0.1) is 29.0 Å². The Balaban J connectivity index is 1.38. The van der Waals surface area contributed by atoms with Crippen LogP contribution in [-0.4, -0.2) is 57.0 Å². The highest BCUT2D eigenvalue weighted by Gasteiger charge is 2.25. The number of hydrogen-bond acceptors (Lipinski definition) is 6. The Bertz CT molecular complexity index is 1210. The molecular formula is C24H23N5O2. The second-order valence-corrected chi connectivity index (χ2v) is 7.81. The first-order chi connectivity index (χ1) is 15.2. The molecule has 0 spiro atoms. The molecule has 1 amide bonds. The lowest BCUT2D eigenvalue weighted by atomic mass is 10.0. The van der Waals surface area contributed by atoms with Crippen molar-refractivity contribution < 1.29 is 9.32 Å². The summed E-state index contributed by atoms with van der Waals surface area (Å²) in [5.41, 5.74) is 4.13. The van der Waals surface area contributed by atoms with Crippen LogP contribution in [0.4, 0.5) is 0 Å². The fraction of sp³-hybridized carbons (Fsp3) is 0.250. The van der Waals surface area contributed by atoms with Gasteiger partial charge in [-0.25, -0.2) is 4.98 Å². The molecule has 1 aliphatic heterocycles. The molecule has 0 N–H and O–H groups in total. The van der Waals surface area contributed by atoms with Crippen molar-refractivity contribution in [1.82, 2.24) is 24.9 Å². The van der Waals surface area contributed by atoms with Crippen LogP contribution >= 0.6 is 0 Å². The van der Waals surface area contributed by atoms with Crippen molar-refractivity contribution in [3.05, 3.63) is 77.9 Å². The number of fused-ring (bicyclic) bond motifs is 1. The second kappa shape index (κ2) is 8.28. The van der Waals surface area contributed by atoms with Crippen LogP contribution in [-0.2, 0) is 6.54 Å². The van der Waals surface area contributed by atoms with E-state index < -0.39 is 0 Å². The summed E-state index contributed by atoms with van der Waals surface area (Å²) in [6.45, 7) is 5.58. The van der Waals surface area contributed by atoms with Crippen LogP contribution in [0.3, 0.4) is 0 Å². The number of aromatic nitrogens is 3. The van der Waals surface area contributed by atoms with Crippen LogP contribution in [0.2, 0.25) is 0 Å². The second-order valence-electron chi connectivity index (χ2n) is 7.81. The number of para-hydroxylation sites is 1. The van der Waals surface area contributed by atoms with E-state index in [9.17, 15) is 4.79 Å². The summed E-state index contributed by atoms with van der Waals surface area (Å²) in [6.07, 6.45) is 3.48. The number of carbonyl (C=O) groups excluding carboxylic acids is 1. The zero-order chi connectivity index (χ0) is 21.2. The molecular weight excluding hydrogens is 390 g/mol. The smallest absolute Gasteiger partial charge is 0.254 e. The first-order valence-corrected chi connectivity index (χ1v) is 10.4. The molecule has 156 valence electrons. The molecule has 3 aromatic heterocycles. The molecule has 0 bridgehead atoms. The van der Waals surface area contributed by atoms with Gasteiger partial charge in [-0.2, -0.15) is 0 Å². The number of benzene rings is 1. The summed E-state index contributed by atoms with van der Waals surface area (Å²) in [4.78, 5) is 26.6. The van der Waals surface area contributed by atoms with Gasteiger partial charge in [0.1, 0.15) is 0 Å².